The van der Waals surface area contributed by atoms with Gasteiger partial charge in [0.2, 0.25) is 17.7 Å². The molecule has 1 aromatic rings. The number of hydrogen-bond acceptors (Lipinski definition) is 7. The van der Waals surface area contributed by atoms with E-state index in [2.05, 4.69) is 22.5 Å². The molecule has 10 heteroatoms. The van der Waals surface area contributed by atoms with Crippen LogP contribution < -0.4 is 10.6 Å². The standard InChI is InChI=1S/C28H39N5O4S/c1-16(2)25(23(34)13-17(3)29)28(37)33-12-6-7-22(33)27(36)32-21(14-24(35)30-5)19-8-10-20(11-9-19)26-18(4)31-15-38-26/h8-11,13,15-16,18,21-22,25-26,29,34H,6-7,12,14H2,1-5H3,(H,30,35)(H,32,36)/b23-13-,29-17?/t18?,21-,22-,25+,26?/m0/s1. The number of carbonyl (C=O) groups is 3. The third-order valence-electron chi connectivity index (χ3n) is 7.05. The highest BCUT2D eigenvalue weighted by molar-refractivity contribution is 8.12. The molecule has 0 bridgehead atoms. The molecule has 4 N–H and O–H groups in total. The molecule has 206 valence electrons. The van der Waals surface area contributed by atoms with E-state index >= 15 is 0 Å². The molecule has 3 amide bonds. The van der Waals surface area contributed by atoms with E-state index in [1.165, 1.54) is 17.9 Å². The van der Waals surface area contributed by atoms with E-state index in [4.69, 9.17) is 5.41 Å². The van der Waals surface area contributed by atoms with Crippen LogP contribution in [0.5, 0.6) is 0 Å². The Labute approximate surface area is 229 Å². The molecule has 2 aliphatic heterocycles. The molecule has 9 nitrogen and oxygen atoms in total. The Kier molecular flexibility index (Phi) is 10.1. The molecule has 5 atom stereocenters. The fraction of sp³-hybridized carbons (Fsp3) is 0.536. The monoisotopic (exact) mass is 541 g/mol. The lowest BCUT2D eigenvalue weighted by Gasteiger charge is -2.31. The normalized spacial score (nSPS) is 22.8. The van der Waals surface area contributed by atoms with Crippen molar-refractivity contribution in [2.75, 3.05) is 13.6 Å². The number of aliphatic imine (C=N–C) groups is 1. The van der Waals surface area contributed by atoms with Crippen molar-refractivity contribution in [1.82, 2.24) is 15.5 Å². The number of amides is 3. The van der Waals surface area contributed by atoms with E-state index in [-0.39, 0.29) is 52.8 Å². The Morgan fingerprint density at radius 1 is 1.26 bits per heavy atom. The number of aliphatic hydroxyl groups excluding tert-OH is 1. The number of nitrogens with zero attached hydrogens (tertiary/aromatic N) is 2. The van der Waals surface area contributed by atoms with Crippen molar-refractivity contribution in [3.8, 4) is 0 Å². The van der Waals surface area contributed by atoms with E-state index in [9.17, 15) is 19.5 Å². The number of hydrogen-bond donors (Lipinski definition) is 4. The molecule has 0 spiro atoms. The average molecular weight is 542 g/mol. The van der Waals surface area contributed by atoms with Gasteiger partial charge in [-0.05, 0) is 49.8 Å². The van der Waals surface area contributed by atoms with Crippen molar-refractivity contribution in [3.05, 3.63) is 47.2 Å². The summed E-state index contributed by atoms with van der Waals surface area (Å²) in [6.07, 6.45) is 2.51. The van der Waals surface area contributed by atoms with Crippen LogP contribution in [0.1, 0.15) is 69.4 Å². The first-order valence-corrected chi connectivity index (χ1v) is 14.0. The lowest BCUT2D eigenvalue weighted by atomic mass is 9.91. The Bertz CT molecular complexity index is 1100. The van der Waals surface area contributed by atoms with Crippen LogP contribution >= 0.6 is 11.8 Å². The molecule has 2 heterocycles. The highest BCUT2D eigenvalue weighted by Crippen LogP contribution is 2.37. The molecular weight excluding hydrogens is 502 g/mol. The molecule has 1 aromatic carbocycles. The molecule has 1 saturated heterocycles. The molecule has 0 radical (unpaired) electrons. The van der Waals surface area contributed by atoms with Gasteiger partial charge in [0.15, 0.2) is 0 Å². The van der Waals surface area contributed by atoms with E-state index in [0.717, 1.165) is 11.1 Å². The van der Waals surface area contributed by atoms with Gasteiger partial charge in [-0.25, -0.2) is 0 Å². The third-order valence-corrected chi connectivity index (χ3v) is 8.25. The zero-order valence-electron chi connectivity index (χ0n) is 22.7. The van der Waals surface area contributed by atoms with Gasteiger partial charge >= 0.3 is 0 Å². The zero-order valence-corrected chi connectivity index (χ0v) is 23.5. The van der Waals surface area contributed by atoms with E-state index in [1.807, 2.05) is 43.7 Å². The first kappa shape index (κ1) is 29.4. The number of allylic oxidation sites excluding steroid dienone is 1. The zero-order chi connectivity index (χ0) is 28.0. The molecular formula is C28H39N5O4S. The Balaban J connectivity index is 1.79. The topological polar surface area (TPSA) is 135 Å². The molecule has 3 rings (SSSR count). The van der Waals surface area contributed by atoms with Gasteiger partial charge in [0, 0.05) is 19.3 Å². The molecule has 0 aliphatic carbocycles. The number of aliphatic hydroxyl groups is 1. The Morgan fingerprint density at radius 3 is 2.50 bits per heavy atom. The maximum absolute atomic E-state index is 13.5. The molecule has 38 heavy (non-hydrogen) atoms. The van der Waals surface area contributed by atoms with Gasteiger partial charge in [0.1, 0.15) is 11.8 Å². The summed E-state index contributed by atoms with van der Waals surface area (Å²) in [6, 6.07) is 6.82. The summed E-state index contributed by atoms with van der Waals surface area (Å²) in [5.41, 5.74) is 3.96. The minimum absolute atomic E-state index is 0.0662. The fourth-order valence-corrected chi connectivity index (χ4v) is 6.02. The number of likely N-dealkylation sites (tertiary alicyclic amines) is 1. The summed E-state index contributed by atoms with van der Waals surface area (Å²) in [4.78, 5) is 45.3. The second-order valence-corrected chi connectivity index (χ2v) is 11.3. The number of thioether (sulfide) groups is 1. The van der Waals surface area contributed by atoms with E-state index in [0.29, 0.717) is 19.4 Å². The highest BCUT2D eigenvalue weighted by atomic mass is 32.2. The van der Waals surface area contributed by atoms with Gasteiger partial charge in [-0.1, -0.05) is 38.1 Å². The summed E-state index contributed by atoms with van der Waals surface area (Å²) < 4.78 is 0. The first-order chi connectivity index (χ1) is 18.0. The maximum atomic E-state index is 13.5. The number of rotatable bonds is 10. The largest absolute Gasteiger partial charge is 0.511 e. The van der Waals surface area contributed by atoms with Crippen LogP contribution in [0.25, 0.3) is 0 Å². The van der Waals surface area contributed by atoms with Crippen LogP contribution in [0.4, 0.5) is 0 Å². The smallest absolute Gasteiger partial charge is 0.243 e. The van der Waals surface area contributed by atoms with Gasteiger partial charge in [-0.2, -0.15) is 0 Å². The van der Waals surface area contributed by atoms with E-state index in [1.54, 1.807) is 18.8 Å². The summed E-state index contributed by atoms with van der Waals surface area (Å²) >= 11 is 1.68. The lowest BCUT2D eigenvalue weighted by molar-refractivity contribution is -0.142. The first-order valence-electron chi connectivity index (χ1n) is 13.1. The van der Waals surface area contributed by atoms with Crippen LogP contribution in [-0.2, 0) is 14.4 Å². The quantitative estimate of drug-likeness (QED) is 0.263. The lowest BCUT2D eigenvalue weighted by Crippen LogP contribution is -2.49. The van der Waals surface area contributed by atoms with Crippen LogP contribution in [-0.4, -0.2) is 64.7 Å². The van der Waals surface area contributed by atoms with Crippen molar-refractivity contribution in [1.29, 1.82) is 5.41 Å². The van der Waals surface area contributed by atoms with Crippen LogP contribution in [0.2, 0.25) is 0 Å². The Morgan fingerprint density at radius 2 is 1.95 bits per heavy atom. The molecule has 2 aliphatic rings. The van der Waals surface area contributed by atoms with Gasteiger partial charge in [-0.15, -0.1) is 11.8 Å². The van der Waals surface area contributed by atoms with Gasteiger partial charge in [0.05, 0.1) is 35.2 Å². The summed E-state index contributed by atoms with van der Waals surface area (Å²) in [5.74, 6) is -2.07. The number of benzene rings is 1. The van der Waals surface area contributed by atoms with Gasteiger partial charge < -0.3 is 26.0 Å². The van der Waals surface area contributed by atoms with Crippen LogP contribution in [0.3, 0.4) is 0 Å². The highest BCUT2D eigenvalue weighted by Gasteiger charge is 2.40. The predicted molar refractivity (Wildman–Crippen MR) is 151 cm³/mol. The van der Waals surface area contributed by atoms with Crippen molar-refractivity contribution < 1.29 is 19.5 Å². The van der Waals surface area contributed by atoms with Gasteiger partial charge in [-0.3, -0.25) is 19.4 Å². The second-order valence-electron chi connectivity index (χ2n) is 10.3. The maximum Gasteiger partial charge on any atom is 0.243 e. The summed E-state index contributed by atoms with van der Waals surface area (Å²) in [6.45, 7) is 7.67. The Hall–Kier alpha value is -3.14. The number of nitrogens with one attached hydrogen (secondary N) is 3. The summed E-state index contributed by atoms with van der Waals surface area (Å²) in [5, 5.41) is 24.1. The van der Waals surface area contributed by atoms with Crippen molar-refractivity contribution in [2.24, 2.45) is 16.8 Å². The van der Waals surface area contributed by atoms with E-state index < -0.39 is 18.0 Å². The van der Waals surface area contributed by atoms with Crippen molar-refractivity contribution in [3.63, 3.8) is 0 Å². The minimum Gasteiger partial charge on any atom is -0.511 e. The van der Waals surface area contributed by atoms with Crippen LogP contribution in [0.15, 0.2) is 41.1 Å². The number of carbonyl (C=O) groups excluding carboxylic acids is 3. The molecule has 0 aromatic heterocycles. The SMILES string of the molecule is CNC(=O)C[C@H](NC(=O)[C@@H]1CCCN1C(=O)[C@@H](/C(O)=C/C(C)=N)C(C)C)c1ccc(C2SC=NC2C)cc1. The molecule has 1 fully saturated rings. The van der Waals surface area contributed by atoms with Gasteiger partial charge in [0.25, 0.3) is 0 Å². The molecule has 2 unspecified atom stereocenters. The second kappa shape index (κ2) is 13.1. The predicted octanol–water partition coefficient (Wildman–Crippen LogP) is 3.93. The van der Waals surface area contributed by atoms with Crippen LogP contribution in [0, 0.1) is 17.2 Å². The molecule has 0 saturated carbocycles. The third kappa shape index (κ3) is 7.03. The fourth-order valence-electron chi connectivity index (χ4n) is 5.02. The van der Waals surface area contributed by atoms with Crippen molar-refractivity contribution >= 4 is 40.7 Å². The minimum atomic E-state index is -0.835. The van der Waals surface area contributed by atoms with Crippen molar-refractivity contribution in [2.45, 2.75) is 70.3 Å². The average Bonchev–Trinajstić information content (AvgIpc) is 3.52. The summed E-state index contributed by atoms with van der Waals surface area (Å²) in [7, 11) is 1.56.